The molecule has 1 unspecified atom stereocenters. The van der Waals surface area contributed by atoms with Gasteiger partial charge in [0.25, 0.3) is 0 Å². The molecule has 1 aliphatic heterocycles. The average Bonchev–Trinajstić information content (AvgIpc) is 2.57. The van der Waals surface area contributed by atoms with Crippen molar-refractivity contribution in [3.63, 3.8) is 0 Å². The summed E-state index contributed by atoms with van der Waals surface area (Å²) >= 11 is -1.40. The van der Waals surface area contributed by atoms with Crippen LogP contribution in [0.25, 0.3) is 0 Å². The maximum Gasteiger partial charge on any atom is 0.586 e. The molecule has 1 atom stereocenters. The molecule has 1 aromatic rings. The number of ether oxygens (including phenoxy) is 2. The van der Waals surface area contributed by atoms with Crippen LogP contribution in [0.3, 0.4) is 0 Å². The Kier molecular flexibility index (Phi) is 3.44. The molecular formula is C12H13F2NO3S. The molecule has 0 aromatic heterocycles. The van der Waals surface area contributed by atoms with Crippen LogP contribution in [0.2, 0.25) is 0 Å². The molecule has 0 saturated heterocycles. The second-order valence-electron chi connectivity index (χ2n) is 4.97. The quantitative estimate of drug-likeness (QED) is 0.621. The summed E-state index contributed by atoms with van der Waals surface area (Å²) in [6.45, 7) is 5.38. The molecule has 0 aliphatic carbocycles. The van der Waals surface area contributed by atoms with Crippen molar-refractivity contribution in [2.24, 2.45) is 4.40 Å². The number of hydrogen-bond acceptors (Lipinski definition) is 4. The first-order chi connectivity index (χ1) is 8.67. The third-order valence-corrected chi connectivity index (χ3v) is 3.59. The standard InChI is InChI=1S/C12H13F2NO3S/c1-11(2,3)19(16)15-7-8-4-5-9-10(6-8)18-12(13,14)17-9/h4-7H,1-3H3. The van der Waals surface area contributed by atoms with Crippen LogP contribution >= 0.6 is 0 Å². The van der Waals surface area contributed by atoms with Crippen LogP contribution in [0.1, 0.15) is 26.3 Å². The molecule has 7 heteroatoms. The lowest BCUT2D eigenvalue weighted by molar-refractivity contribution is -0.286. The molecule has 0 N–H and O–H groups in total. The van der Waals surface area contributed by atoms with Crippen molar-refractivity contribution in [1.29, 1.82) is 0 Å². The van der Waals surface area contributed by atoms with Gasteiger partial charge in [0.1, 0.15) is 16.1 Å². The van der Waals surface area contributed by atoms with Gasteiger partial charge in [0, 0.05) is 5.56 Å². The van der Waals surface area contributed by atoms with Gasteiger partial charge in [-0.3, -0.25) is 0 Å². The molecular weight excluding hydrogens is 276 g/mol. The van der Waals surface area contributed by atoms with Crippen LogP contribution in [0.5, 0.6) is 11.5 Å². The molecule has 0 saturated carbocycles. The molecule has 0 amide bonds. The fourth-order valence-corrected chi connectivity index (χ4v) is 1.85. The zero-order valence-corrected chi connectivity index (χ0v) is 11.5. The second kappa shape index (κ2) is 4.64. The Labute approximate surface area is 112 Å². The highest BCUT2D eigenvalue weighted by molar-refractivity contribution is 7.91. The summed E-state index contributed by atoms with van der Waals surface area (Å²) in [6.07, 6.45) is -2.27. The Morgan fingerprint density at radius 3 is 2.53 bits per heavy atom. The van der Waals surface area contributed by atoms with Crippen molar-refractivity contribution in [2.75, 3.05) is 0 Å². The number of hydrogen-bond donors (Lipinski definition) is 0. The van der Waals surface area contributed by atoms with E-state index in [-0.39, 0.29) is 11.5 Å². The van der Waals surface area contributed by atoms with Gasteiger partial charge in [-0.15, -0.1) is 8.78 Å². The largest absolute Gasteiger partial charge is 0.591 e. The minimum absolute atomic E-state index is 0.0286. The third-order valence-electron chi connectivity index (χ3n) is 2.25. The van der Waals surface area contributed by atoms with Crippen LogP contribution in [0.15, 0.2) is 22.6 Å². The predicted octanol–water partition coefficient (Wildman–Crippen LogP) is 2.89. The molecule has 4 nitrogen and oxygen atoms in total. The van der Waals surface area contributed by atoms with E-state index in [0.717, 1.165) is 0 Å². The summed E-state index contributed by atoms with van der Waals surface area (Å²) < 4.78 is 49.3. The first-order valence-electron chi connectivity index (χ1n) is 5.53. The van der Waals surface area contributed by atoms with Gasteiger partial charge in [-0.1, -0.05) is 4.40 Å². The highest BCUT2D eigenvalue weighted by atomic mass is 32.2. The highest BCUT2D eigenvalue weighted by Gasteiger charge is 2.43. The first kappa shape index (κ1) is 14.1. The Bertz CT molecular complexity index is 514. The van der Waals surface area contributed by atoms with Gasteiger partial charge in [0.2, 0.25) is 0 Å². The van der Waals surface area contributed by atoms with Gasteiger partial charge in [-0.2, -0.15) is 0 Å². The van der Waals surface area contributed by atoms with E-state index in [1.165, 1.54) is 24.4 Å². The minimum Gasteiger partial charge on any atom is -0.591 e. The summed E-state index contributed by atoms with van der Waals surface area (Å²) in [5, 5.41) is 0. The number of fused-ring (bicyclic) bond motifs is 1. The van der Waals surface area contributed by atoms with Gasteiger partial charge in [-0.05, 0) is 39.0 Å². The maximum absolute atomic E-state index is 12.8. The van der Waals surface area contributed by atoms with E-state index >= 15 is 0 Å². The maximum atomic E-state index is 12.8. The Morgan fingerprint density at radius 1 is 1.26 bits per heavy atom. The van der Waals surface area contributed by atoms with Crippen molar-refractivity contribution < 1.29 is 22.8 Å². The van der Waals surface area contributed by atoms with Crippen molar-refractivity contribution in [2.45, 2.75) is 31.8 Å². The lowest BCUT2D eigenvalue weighted by Crippen LogP contribution is -2.26. The van der Waals surface area contributed by atoms with Crippen molar-refractivity contribution >= 4 is 17.6 Å². The molecule has 104 valence electrons. The van der Waals surface area contributed by atoms with Crippen LogP contribution < -0.4 is 9.47 Å². The topological polar surface area (TPSA) is 53.9 Å². The van der Waals surface area contributed by atoms with Crippen LogP contribution in [-0.4, -0.2) is 21.8 Å². The number of rotatable bonds is 2. The summed E-state index contributed by atoms with van der Waals surface area (Å²) in [7, 11) is 0. The number of alkyl halides is 2. The normalized spacial score (nSPS) is 18.8. The second-order valence-corrected chi connectivity index (χ2v) is 6.90. The van der Waals surface area contributed by atoms with E-state index in [9.17, 15) is 13.3 Å². The van der Waals surface area contributed by atoms with E-state index in [1.807, 2.05) is 0 Å². The van der Waals surface area contributed by atoms with Gasteiger partial charge in [0.15, 0.2) is 11.5 Å². The van der Waals surface area contributed by atoms with E-state index in [2.05, 4.69) is 13.9 Å². The van der Waals surface area contributed by atoms with E-state index in [1.54, 1.807) is 20.8 Å². The molecule has 0 spiro atoms. The summed E-state index contributed by atoms with van der Waals surface area (Å²) in [5.41, 5.74) is 0.512. The lowest BCUT2D eigenvalue weighted by atomic mass is 10.2. The van der Waals surface area contributed by atoms with Crippen LogP contribution in [0.4, 0.5) is 8.78 Å². The predicted molar refractivity (Wildman–Crippen MR) is 68.1 cm³/mol. The molecule has 2 rings (SSSR count). The van der Waals surface area contributed by atoms with Crippen molar-refractivity contribution in [3.8, 4) is 11.5 Å². The molecule has 0 radical (unpaired) electrons. The number of halogens is 2. The highest BCUT2D eigenvalue weighted by Crippen LogP contribution is 2.40. The zero-order chi connectivity index (χ0) is 14.3. The Morgan fingerprint density at radius 2 is 1.89 bits per heavy atom. The third kappa shape index (κ3) is 3.36. The first-order valence-corrected chi connectivity index (χ1v) is 6.64. The van der Waals surface area contributed by atoms with Gasteiger partial charge >= 0.3 is 6.29 Å². The Balaban J connectivity index is 2.15. The molecule has 1 heterocycles. The van der Waals surface area contributed by atoms with Crippen LogP contribution in [-0.2, 0) is 11.4 Å². The summed E-state index contributed by atoms with van der Waals surface area (Å²) in [4.78, 5) is 0. The molecule has 0 bridgehead atoms. The van der Waals surface area contributed by atoms with Crippen molar-refractivity contribution in [3.05, 3.63) is 23.8 Å². The average molecular weight is 289 g/mol. The summed E-state index contributed by atoms with van der Waals surface area (Å²) in [5.74, 6) is -0.0883. The van der Waals surface area contributed by atoms with Gasteiger partial charge in [0.05, 0.1) is 6.21 Å². The molecule has 1 aliphatic rings. The molecule has 0 fully saturated rings. The zero-order valence-electron chi connectivity index (χ0n) is 10.6. The van der Waals surface area contributed by atoms with Crippen LogP contribution in [0, 0.1) is 0 Å². The van der Waals surface area contributed by atoms with Gasteiger partial charge < -0.3 is 14.0 Å². The minimum atomic E-state index is -3.63. The van der Waals surface area contributed by atoms with E-state index in [4.69, 9.17) is 0 Å². The summed E-state index contributed by atoms with van der Waals surface area (Å²) in [6, 6.07) is 4.25. The van der Waals surface area contributed by atoms with Crippen molar-refractivity contribution in [1.82, 2.24) is 0 Å². The van der Waals surface area contributed by atoms with E-state index < -0.39 is 22.4 Å². The monoisotopic (exact) mass is 289 g/mol. The fraction of sp³-hybridized carbons (Fsp3) is 0.417. The number of nitrogens with zero attached hydrogens (tertiary/aromatic N) is 1. The lowest BCUT2D eigenvalue weighted by Gasteiger charge is -2.17. The van der Waals surface area contributed by atoms with Gasteiger partial charge in [-0.25, -0.2) is 0 Å². The number of benzene rings is 1. The van der Waals surface area contributed by atoms with E-state index in [0.29, 0.717) is 5.56 Å². The fourth-order valence-electron chi connectivity index (χ4n) is 1.31. The smallest absolute Gasteiger partial charge is 0.586 e. The molecule has 19 heavy (non-hydrogen) atoms. The Hall–Kier alpha value is -1.34. The molecule has 1 aromatic carbocycles. The SMILES string of the molecule is CC(C)(C)[S+]([O-])N=Cc1ccc2c(c1)OC(F)(F)O2.